The second-order valence-corrected chi connectivity index (χ2v) is 5.75. The zero-order valence-corrected chi connectivity index (χ0v) is 13.2. The van der Waals surface area contributed by atoms with Crippen LogP contribution in [0.4, 0.5) is 11.4 Å². The summed E-state index contributed by atoms with van der Waals surface area (Å²) in [5.41, 5.74) is 11.6. The van der Waals surface area contributed by atoms with Crippen molar-refractivity contribution < 1.29 is 0 Å². The first-order valence-corrected chi connectivity index (χ1v) is 7.14. The van der Waals surface area contributed by atoms with E-state index in [1.807, 2.05) is 19.1 Å². The first kappa shape index (κ1) is 14.9. The number of nitrogens with two attached hydrogens (primary N) is 1. The van der Waals surface area contributed by atoms with Crippen LogP contribution >= 0.6 is 11.6 Å². The first-order valence-electron chi connectivity index (χ1n) is 6.76. The van der Waals surface area contributed by atoms with E-state index in [9.17, 15) is 0 Å². The molecule has 2 rings (SSSR count). The van der Waals surface area contributed by atoms with Gasteiger partial charge in [-0.3, -0.25) is 0 Å². The zero-order valence-electron chi connectivity index (χ0n) is 12.4. The van der Waals surface area contributed by atoms with Crippen molar-refractivity contribution in [1.82, 2.24) is 0 Å². The predicted octanol–water partition coefficient (Wildman–Crippen LogP) is 4.74. The number of hydrogen-bond donors (Lipinski definition) is 1. The Morgan fingerprint density at radius 2 is 1.80 bits per heavy atom. The number of halogens is 1. The average molecular weight is 289 g/mol. The molecule has 2 aromatic rings. The van der Waals surface area contributed by atoms with Crippen LogP contribution in [0.2, 0.25) is 5.02 Å². The molecule has 0 heterocycles. The zero-order chi connectivity index (χ0) is 14.9. The molecule has 0 aromatic heterocycles. The summed E-state index contributed by atoms with van der Waals surface area (Å²) in [4.78, 5) is 2.14. The van der Waals surface area contributed by atoms with E-state index in [2.05, 4.69) is 50.1 Å². The van der Waals surface area contributed by atoms with E-state index < -0.39 is 0 Å². The minimum absolute atomic E-state index is 0.0528. The van der Waals surface area contributed by atoms with E-state index in [0.29, 0.717) is 5.02 Å². The van der Waals surface area contributed by atoms with Crippen LogP contribution in [0.25, 0.3) is 0 Å². The summed E-state index contributed by atoms with van der Waals surface area (Å²) in [5.74, 6) is 0. The van der Waals surface area contributed by atoms with Gasteiger partial charge in [0.2, 0.25) is 0 Å². The molecule has 2 N–H and O–H groups in total. The van der Waals surface area contributed by atoms with E-state index >= 15 is 0 Å². The van der Waals surface area contributed by atoms with Crippen molar-refractivity contribution >= 4 is 23.0 Å². The summed E-state index contributed by atoms with van der Waals surface area (Å²) in [7, 11) is 2.05. The van der Waals surface area contributed by atoms with Crippen LogP contribution in [0.3, 0.4) is 0 Å². The van der Waals surface area contributed by atoms with Crippen LogP contribution in [0.1, 0.15) is 29.7 Å². The van der Waals surface area contributed by atoms with E-state index in [1.165, 1.54) is 16.8 Å². The highest BCUT2D eigenvalue weighted by Gasteiger charge is 2.11. The molecule has 0 aliphatic heterocycles. The summed E-state index contributed by atoms with van der Waals surface area (Å²) < 4.78 is 0. The van der Waals surface area contributed by atoms with Crippen molar-refractivity contribution in [2.24, 2.45) is 5.73 Å². The van der Waals surface area contributed by atoms with Crippen LogP contribution in [-0.4, -0.2) is 7.05 Å². The Bertz CT molecular complexity index is 620. The lowest BCUT2D eigenvalue weighted by atomic mass is 10.1. The third-order valence-electron chi connectivity index (χ3n) is 3.58. The largest absolute Gasteiger partial charge is 0.344 e. The van der Waals surface area contributed by atoms with E-state index in [-0.39, 0.29) is 6.04 Å². The van der Waals surface area contributed by atoms with Gasteiger partial charge in [0.1, 0.15) is 0 Å². The lowest BCUT2D eigenvalue weighted by Crippen LogP contribution is -2.12. The molecule has 0 radical (unpaired) electrons. The Morgan fingerprint density at radius 3 is 2.35 bits per heavy atom. The van der Waals surface area contributed by atoms with Crippen molar-refractivity contribution in [3.8, 4) is 0 Å². The minimum atomic E-state index is -0.0528. The van der Waals surface area contributed by atoms with Crippen molar-refractivity contribution in [3.63, 3.8) is 0 Å². The van der Waals surface area contributed by atoms with Gasteiger partial charge in [-0.05, 0) is 50.1 Å². The lowest BCUT2D eigenvalue weighted by Gasteiger charge is -2.23. The normalized spacial score (nSPS) is 12.3. The first-order chi connectivity index (χ1) is 9.40. The topological polar surface area (TPSA) is 29.3 Å². The van der Waals surface area contributed by atoms with Gasteiger partial charge in [0, 0.05) is 29.5 Å². The summed E-state index contributed by atoms with van der Waals surface area (Å²) >= 11 is 6.31. The van der Waals surface area contributed by atoms with Gasteiger partial charge < -0.3 is 10.6 Å². The minimum Gasteiger partial charge on any atom is -0.344 e. The highest BCUT2D eigenvalue weighted by molar-refractivity contribution is 6.31. The van der Waals surface area contributed by atoms with Crippen molar-refractivity contribution in [1.29, 1.82) is 0 Å². The molecule has 0 spiro atoms. The van der Waals surface area contributed by atoms with Crippen LogP contribution in [0.5, 0.6) is 0 Å². The molecule has 0 amide bonds. The third-order valence-corrected chi connectivity index (χ3v) is 3.90. The van der Waals surface area contributed by atoms with Crippen molar-refractivity contribution in [2.75, 3.05) is 11.9 Å². The molecule has 0 bridgehead atoms. The number of anilines is 2. The van der Waals surface area contributed by atoms with Gasteiger partial charge in [0.25, 0.3) is 0 Å². The molecule has 2 aromatic carbocycles. The molecule has 1 atom stereocenters. The molecule has 0 aliphatic rings. The standard InChI is InChI=1S/C17H21ClN2/c1-11-5-8-17(12(2)9-11)20(4)14-6-7-15(13(3)19)16(18)10-14/h5-10,13H,19H2,1-4H3. The maximum absolute atomic E-state index is 6.31. The third kappa shape index (κ3) is 2.97. The predicted molar refractivity (Wildman–Crippen MR) is 88.0 cm³/mol. The fraction of sp³-hybridized carbons (Fsp3) is 0.294. The number of aryl methyl sites for hydroxylation is 2. The SMILES string of the molecule is Cc1ccc(N(C)c2ccc(C(C)N)c(Cl)c2)c(C)c1. The fourth-order valence-corrected chi connectivity index (χ4v) is 2.76. The molecule has 1 unspecified atom stereocenters. The van der Waals surface area contributed by atoms with Gasteiger partial charge in [-0.15, -0.1) is 0 Å². The summed E-state index contributed by atoms with van der Waals surface area (Å²) in [6.45, 7) is 6.16. The molecular formula is C17H21ClN2. The summed E-state index contributed by atoms with van der Waals surface area (Å²) in [5, 5.41) is 0.717. The smallest absolute Gasteiger partial charge is 0.0474 e. The van der Waals surface area contributed by atoms with E-state index in [1.54, 1.807) is 0 Å². The van der Waals surface area contributed by atoms with Gasteiger partial charge in [-0.2, -0.15) is 0 Å². The molecule has 0 aliphatic carbocycles. The maximum atomic E-state index is 6.31. The van der Waals surface area contributed by atoms with E-state index in [0.717, 1.165) is 11.3 Å². The molecule has 20 heavy (non-hydrogen) atoms. The number of benzene rings is 2. The van der Waals surface area contributed by atoms with Crippen LogP contribution in [-0.2, 0) is 0 Å². The summed E-state index contributed by atoms with van der Waals surface area (Å²) in [6, 6.07) is 12.4. The van der Waals surface area contributed by atoms with E-state index in [4.69, 9.17) is 17.3 Å². The Labute approximate surface area is 126 Å². The molecule has 0 saturated carbocycles. The lowest BCUT2D eigenvalue weighted by molar-refractivity contribution is 0.818. The molecule has 3 heteroatoms. The quantitative estimate of drug-likeness (QED) is 0.883. The molecular weight excluding hydrogens is 268 g/mol. The molecule has 2 nitrogen and oxygen atoms in total. The number of hydrogen-bond acceptors (Lipinski definition) is 2. The summed E-state index contributed by atoms with van der Waals surface area (Å²) in [6.07, 6.45) is 0. The second-order valence-electron chi connectivity index (χ2n) is 5.34. The Kier molecular flexibility index (Phi) is 4.36. The number of rotatable bonds is 3. The highest BCUT2D eigenvalue weighted by Crippen LogP contribution is 2.31. The van der Waals surface area contributed by atoms with Gasteiger partial charge in [0.05, 0.1) is 0 Å². The Balaban J connectivity index is 2.38. The Hall–Kier alpha value is -1.51. The second kappa shape index (κ2) is 5.86. The Morgan fingerprint density at radius 1 is 1.10 bits per heavy atom. The fourth-order valence-electron chi connectivity index (χ4n) is 2.41. The maximum Gasteiger partial charge on any atom is 0.0474 e. The van der Waals surface area contributed by atoms with Gasteiger partial charge in [0.15, 0.2) is 0 Å². The van der Waals surface area contributed by atoms with Crippen LogP contribution < -0.4 is 10.6 Å². The van der Waals surface area contributed by atoms with Crippen molar-refractivity contribution in [2.45, 2.75) is 26.8 Å². The average Bonchev–Trinajstić information content (AvgIpc) is 2.37. The molecule has 0 saturated heterocycles. The number of nitrogens with zero attached hydrogens (tertiary/aromatic N) is 1. The monoisotopic (exact) mass is 288 g/mol. The van der Waals surface area contributed by atoms with Gasteiger partial charge in [-0.1, -0.05) is 35.4 Å². The van der Waals surface area contributed by atoms with Crippen molar-refractivity contribution in [3.05, 3.63) is 58.1 Å². The van der Waals surface area contributed by atoms with Crippen LogP contribution in [0.15, 0.2) is 36.4 Å². The molecule has 106 valence electrons. The van der Waals surface area contributed by atoms with Crippen LogP contribution in [0, 0.1) is 13.8 Å². The molecule has 0 fully saturated rings. The van der Waals surface area contributed by atoms with Gasteiger partial charge >= 0.3 is 0 Å². The highest BCUT2D eigenvalue weighted by atomic mass is 35.5. The van der Waals surface area contributed by atoms with Gasteiger partial charge in [-0.25, -0.2) is 0 Å².